The maximum absolute atomic E-state index is 12.2. The number of hydrogen-bond acceptors (Lipinski definition) is 5. The Morgan fingerprint density at radius 2 is 1.65 bits per heavy atom. The molecule has 2 N–H and O–H groups in total. The molecule has 7 heteroatoms. The summed E-state index contributed by atoms with van der Waals surface area (Å²) in [5, 5.41) is 15.6. The first-order valence-electron chi connectivity index (χ1n) is 9.23. The molecule has 0 spiro atoms. The summed E-state index contributed by atoms with van der Waals surface area (Å²) < 4.78 is 5.44. The van der Waals surface area contributed by atoms with Crippen molar-refractivity contribution in [3.8, 4) is 0 Å². The quantitative estimate of drug-likeness (QED) is 0.449. The molecule has 1 atom stereocenters. The van der Waals surface area contributed by atoms with Crippen LogP contribution in [0.1, 0.15) is 51.9 Å². The smallest absolute Gasteiger partial charge is 0.328 e. The number of carbonyl (C=O) groups excluding carboxylic acids is 1. The number of carbonyl (C=O) groups is 3. The highest BCUT2D eigenvalue weighted by molar-refractivity contribution is 5.89. The number of ether oxygens (including phenoxy) is 1. The summed E-state index contributed by atoms with van der Waals surface area (Å²) in [7, 11) is 4.00. The Bertz CT molecular complexity index is 439. The molecular formula is C19H33NO6. The van der Waals surface area contributed by atoms with Crippen LogP contribution in [-0.2, 0) is 19.1 Å². The van der Waals surface area contributed by atoms with Gasteiger partial charge >= 0.3 is 17.9 Å². The van der Waals surface area contributed by atoms with Crippen molar-refractivity contribution in [2.45, 2.75) is 51.9 Å². The van der Waals surface area contributed by atoms with Crippen LogP contribution in [0.2, 0.25) is 0 Å². The first kappa shape index (κ1) is 24.1. The van der Waals surface area contributed by atoms with Gasteiger partial charge in [0.1, 0.15) is 6.61 Å². The van der Waals surface area contributed by atoms with Crippen molar-refractivity contribution in [3.05, 3.63) is 12.2 Å². The Balaban J connectivity index is 0.000000660. The lowest BCUT2D eigenvalue weighted by molar-refractivity contribution is -0.151. The fraction of sp³-hybridized carbons (Fsp3) is 0.737. The minimum absolute atomic E-state index is 0.0530. The monoisotopic (exact) mass is 371 g/mol. The number of carboxylic acid groups (broad SMARTS) is 2. The average Bonchev–Trinajstić information content (AvgIpc) is 3.08. The van der Waals surface area contributed by atoms with Gasteiger partial charge in [-0.3, -0.25) is 4.79 Å². The Morgan fingerprint density at radius 3 is 2.08 bits per heavy atom. The number of unbranched alkanes of at least 4 members (excludes halogenated alkanes) is 1. The fourth-order valence-corrected chi connectivity index (χ4v) is 2.91. The molecule has 1 unspecified atom stereocenters. The zero-order chi connectivity index (χ0) is 19.9. The van der Waals surface area contributed by atoms with Gasteiger partial charge in [-0.2, -0.15) is 0 Å². The predicted octanol–water partition coefficient (Wildman–Crippen LogP) is 2.80. The molecule has 0 aromatic rings. The van der Waals surface area contributed by atoms with E-state index in [1.54, 1.807) is 0 Å². The fourth-order valence-electron chi connectivity index (χ4n) is 2.91. The molecule has 0 aromatic heterocycles. The maximum Gasteiger partial charge on any atom is 0.328 e. The summed E-state index contributed by atoms with van der Waals surface area (Å²) in [5.41, 5.74) is 0. The van der Waals surface area contributed by atoms with Gasteiger partial charge in [-0.25, -0.2) is 9.59 Å². The molecule has 0 aliphatic heterocycles. The number of esters is 1. The van der Waals surface area contributed by atoms with Crippen LogP contribution in [0.25, 0.3) is 0 Å². The summed E-state index contributed by atoms with van der Waals surface area (Å²) >= 11 is 0. The Kier molecular flexibility index (Phi) is 13.3. The van der Waals surface area contributed by atoms with Gasteiger partial charge in [0.05, 0.1) is 5.92 Å². The van der Waals surface area contributed by atoms with E-state index in [4.69, 9.17) is 14.9 Å². The third-order valence-electron chi connectivity index (χ3n) is 4.29. The highest BCUT2D eigenvalue weighted by atomic mass is 16.5. The van der Waals surface area contributed by atoms with Gasteiger partial charge in [0, 0.05) is 18.7 Å². The van der Waals surface area contributed by atoms with Crippen LogP contribution < -0.4 is 0 Å². The molecule has 0 aromatic carbocycles. The van der Waals surface area contributed by atoms with Gasteiger partial charge in [0.15, 0.2) is 0 Å². The molecule has 1 aliphatic carbocycles. The van der Waals surface area contributed by atoms with Crippen LogP contribution in [0, 0.1) is 11.8 Å². The topological polar surface area (TPSA) is 104 Å². The van der Waals surface area contributed by atoms with Crippen molar-refractivity contribution in [2.24, 2.45) is 11.8 Å². The van der Waals surface area contributed by atoms with Gasteiger partial charge < -0.3 is 19.8 Å². The van der Waals surface area contributed by atoms with Crippen LogP contribution >= 0.6 is 0 Å². The van der Waals surface area contributed by atoms with Crippen LogP contribution in [-0.4, -0.2) is 60.3 Å². The number of hydrogen-bond donors (Lipinski definition) is 2. The second-order valence-corrected chi connectivity index (χ2v) is 6.77. The first-order chi connectivity index (χ1) is 12.3. The van der Waals surface area contributed by atoms with E-state index in [2.05, 4.69) is 6.92 Å². The summed E-state index contributed by atoms with van der Waals surface area (Å²) in [6.45, 7) is 3.53. The van der Waals surface area contributed by atoms with Gasteiger partial charge in [-0.1, -0.05) is 32.6 Å². The van der Waals surface area contributed by atoms with E-state index in [0.29, 0.717) is 24.7 Å². The van der Waals surface area contributed by atoms with Crippen LogP contribution in [0.4, 0.5) is 0 Å². The number of aliphatic carboxylic acids is 2. The molecule has 150 valence electrons. The molecule has 0 heterocycles. The van der Waals surface area contributed by atoms with Crippen molar-refractivity contribution in [1.82, 2.24) is 4.90 Å². The normalized spacial score (nSPS) is 15.5. The molecule has 0 bridgehead atoms. The SMILES string of the molecule is CCCCC(C(=O)OCCN(C)C)C1CCCC1.O=C(O)/C=C/C(=O)O. The second kappa shape index (κ2) is 14.3. The minimum atomic E-state index is -1.26. The largest absolute Gasteiger partial charge is 0.478 e. The third-order valence-corrected chi connectivity index (χ3v) is 4.29. The van der Waals surface area contributed by atoms with E-state index in [-0.39, 0.29) is 11.9 Å². The maximum atomic E-state index is 12.2. The zero-order valence-corrected chi connectivity index (χ0v) is 16.1. The first-order valence-corrected chi connectivity index (χ1v) is 9.23. The number of carboxylic acids is 2. The molecule has 0 saturated heterocycles. The molecule has 0 radical (unpaired) electrons. The minimum Gasteiger partial charge on any atom is -0.478 e. The van der Waals surface area contributed by atoms with Crippen molar-refractivity contribution < 1.29 is 29.3 Å². The van der Waals surface area contributed by atoms with E-state index in [9.17, 15) is 14.4 Å². The van der Waals surface area contributed by atoms with Crippen LogP contribution in [0.15, 0.2) is 12.2 Å². The molecule has 7 nitrogen and oxygen atoms in total. The Morgan fingerprint density at radius 1 is 1.12 bits per heavy atom. The number of likely N-dealkylation sites (N-methyl/N-ethyl adjacent to an activating group) is 1. The second-order valence-electron chi connectivity index (χ2n) is 6.77. The van der Waals surface area contributed by atoms with E-state index in [1.807, 2.05) is 19.0 Å². The standard InChI is InChI=1S/C15H29NO2.C4H4O4/c1-4-5-10-14(13-8-6-7-9-13)15(17)18-12-11-16(2)3;5-3(6)1-2-4(7)8/h13-14H,4-12H2,1-3H3;1-2H,(H,5,6)(H,7,8)/b;2-1+. The Labute approximate surface area is 156 Å². The average molecular weight is 371 g/mol. The van der Waals surface area contributed by atoms with Crippen LogP contribution in [0.5, 0.6) is 0 Å². The van der Waals surface area contributed by atoms with Gasteiger partial charge in [0.2, 0.25) is 0 Å². The molecule has 26 heavy (non-hydrogen) atoms. The van der Waals surface area contributed by atoms with Crippen molar-refractivity contribution in [3.63, 3.8) is 0 Å². The molecular weight excluding hydrogens is 338 g/mol. The summed E-state index contributed by atoms with van der Waals surface area (Å²) in [4.78, 5) is 33.3. The molecule has 1 fully saturated rings. The summed E-state index contributed by atoms with van der Waals surface area (Å²) in [5.74, 6) is -1.71. The van der Waals surface area contributed by atoms with Crippen molar-refractivity contribution in [2.75, 3.05) is 27.2 Å². The van der Waals surface area contributed by atoms with Crippen LogP contribution in [0.3, 0.4) is 0 Å². The molecule has 0 amide bonds. The summed E-state index contributed by atoms with van der Waals surface area (Å²) in [6.07, 6.45) is 9.45. The lowest BCUT2D eigenvalue weighted by Gasteiger charge is -2.22. The lowest BCUT2D eigenvalue weighted by Crippen LogP contribution is -2.27. The number of rotatable bonds is 10. The van der Waals surface area contributed by atoms with Crippen molar-refractivity contribution in [1.29, 1.82) is 0 Å². The number of nitrogens with zero attached hydrogens (tertiary/aromatic N) is 1. The van der Waals surface area contributed by atoms with Gasteiger partial charge in [-0.15, -0.1) is 0 Å². The van der Waals surface area contributed by atoms with Crippen molar-refractivity contribution >= 4 is 17.9 Å². The molecule has 1 aliphatic rings. The molecule has 1 saturated carbocycles. The van der Waals surface area contributed by atoms with E-state index >= 15 is 0 Å². The van der Waals surface area contributed by atoms with E-state index in [0.717, 1.165) is 25.8 Å². The Hall–Kier alpha value is -1.89. The van der Waals surface area contributed by atoms with Gasteiger partial charge in [0.25, 0.3) is 0 Å². The highest BCUT2D eigenvalue weighted by Gasteiger charge is 2.31. The molecule has 1 rings (SSSR count). The van der Waals surface area contributed by atoms with E-state index < -0.39 is 11.9 Å². The summed E-state index contributed by atoms with van der Waals surface area (Å²) in [6, 6.07) is 0. The third kappa shape index (κ3) is 12.5. The lowest BCUT2D eigenvalue weighted by atomic mass is 9.87. The van der Waals surface area contributed by atoms with Gasteiger partial charge in [-0.05, 0) is 39.3 Å². The zero-order valence-electron chi connectivity index (χ0n) is 16.1. The highest BCUT2D eigenvalue weighted by Crippen LogP contribution is 2.34. The predicted molar refractivity (Wildman–Crippen MR) is 98.9 cm³/mol. The van der Waals surface area contributed by atoms with E-state index in [1.165, 1.54) is 25.7 Å².